The van der Waals surface area contributed by atoms with E-state index in [1.807, 2.05) is 0 Å². The van der Waals surface area contributed by atoms with Crippen LogP contribution in [0.4, 0.5) is 5.69 Å². The van der Waals surface area contributed by atoms with Gasteiger partial charge in [0.1, 0.15) is 0 Å². The van der Waals surface area contributed by atoms with Gasteiger partial charge in [0.2, 0.25) is 11.8 Å². The summed E-state index contributed by atoms with van der Waals surface area (Å²) < 4.78 is 30.5. The van der Waals surface area contributed by atoms with Crippen LogP contribution >= 0.6 is 0 Å². The summed E-state index contributed by atoms with van der Waals surface area (Å²) in [6.07, 6.45) is 2.52. The molecule has 1 aromatic rings. The second-order valence-electron chi connectivity index (χ2n) is 6.72. The van der Waals surface area contributed by atoms with Crippen LogP contribution in [0.1, 0.15) is 31.7 Å². The SMILES string of the molecule is CC(=O)N1CCc2cc(S(=O)(=O)CCC(=O)NCC3CCCO3)ccc21. The Balaban J connectivity index is 1.58. The van der Waals surface area contributed by atoms with Gasteiger partial charge in [-0.3, -0.25) is 9.59 Å². The normalized spacial score (nSPS) is 19.4. The Bertz CT molecular complexity index is 800. The molecule has 2 amide bonds. The molecule has 0 aliphatic carbocycles. The molecular weight excluding hydrogens is 356 g/mol. The van der Waals surface area contributed by atoms with E-state index < -0.39 is 9.84 Å². The predicted octanol–water partition coefficient (Wildman–Crippen LogP) is 1.05. The Labute approximate surface area is 153 Å². The average molecular weight is 380 g/mol. The van der Waals surface area contributed by atoms with E-state index in [-0.39, 0.29) is 35.0 Å². The molecule has 2 aliphatic rings. The number of rotatable bonds is 6. The van der Waals surface area contributed by atoms with Crippen LogP contribution < -0.4 is 10.2 Å². The molecule has 26 heavy (non-hydrogen) atoms. The second kappa shape index (κ2) is 7.75. The molecule has 0 saturated carbocycles. The van der Waals surface area contributed by atoms with Gasteiger partial charge in [-0.15, -0.1) is 0 Å². The van der Waals surface area contributed by atoms with Gasteiger partial charge in [-0.25, -0.2) is 8.42 Å². The molecule has 0 radical (unpaired) electrons. The number of amides is 2. The first-order valence-corrected chi connectivity index (χ1v) is 10.5. The van der Waals surface area contributed by atoms with E-state index in [2.05, 4.69) is 5.32 Å². The number of ether oxygens (including phenoxy) is 1. The number of hydrogen-bond donors (Lipinski definition) is 1. The van der Waals surface area contributed by atoms with Crippen molar-refractivity contribution in [3.63, 3.8) is 0 Å². The fourth-order valence-corrected chi connectivity index (χ4v) is 4.65. The molecule has 1 saturated heterocycles. The topological polar surface area (TPSA) is 92.8 Å². The zero-order valence-corrected chi connectivity index (χ0v) is 15.7. The number of anilines is 1. The predicted molar refractivity (Wildman–Crippen MR) is 96.8 cm³/mol. The zero-order valence-electron chi connectivity index (χ0n) is 14.9. The number of sulfone groups is 1. The van der Waals surface area contributed by atoms with Crippen molar-refractivity contribution >= 4 is 27.3 Å². The number of fused-ring (bicyclic) bond motifs is 1. The van der Waals surface area contributed by atoms with Gasteiger partial charge in [0.05, 0.1) is 16.8 Å². The first-order valence-electron chi connectivity index (χ1n) is 8.89. The summed E-state index contributed by atoms with van der Waals surface area (Å²) in [5.74, 6) is -0.574. The fourth-order valence-electron chi connectivity index (χ4n) is 3.36. The summed E-state index contributed by atoms with van der Waals surface area (Å²) in [6, 6.07) is 4.81. The van der Waals surface area contributed by atoms with Gasteiger partial charge in [-0.1, -0.05) is 0 Å². The second-order valence-corrected chi connectivity index (χ2v) is 8.83. The summed E-state index contributed by atoms with van der Waals surface area (Å²) in [5.41, 5.74) is 1.62. The molecule has 1 atom stereocenters. The maximum absolute atomic E-state index is 12.5. The lowest BCUT2D eigenvalue weighted by Crippen LogP contribution is -2.32. The lowest BCUT2D eigenvalue weighted by Gasteiger charge is -2.15. The first kappa shape index (κ1) is 18.8. The van der Waals surface area contributed by atoms with Crippen molar-refractivity contribution in [3.05, 3.63) is 23.8 Å². The quantitative estimate of drug-likeness (QED) is 0.796. The summed E-state index contributed by atoms with van der Waals surface area (Å²) in [6.45, 7) is 3.21. The van der Waals surface area contributed by atoms with E-state index in [0.717, 1.165) is 24.1 Å². The van der Waals surface area contributed by atoms with Crippen LogP contribution in [-0.4, -0.2) is 51.8 Å². The van der Waals surface area contributed by atoms with E-state index in [1.165, 1.54) is 13.0 Å². The highest BCUT2D eigenvalue weighted by Crippen LogP contribution is 2.30. The van der Waals surface area contributed by atoms with Crippen molar-refractivity contribution in [2.45, 2.75) is 43.6 Å². The molecule has 8 heteroatoms. The molecule has 2 aliphatic heterocycles. The number of nitrogens with zero attached hydrogens (tertiary/aromatic N) is 1. The van der Waals surface area contributed by atoms with Gasteiger partial charge in [-0.05, 0) is 43.0 Å². The molecule has 1 N–H and O–H groups in total. The molecule has 2 heterocycles. The summed E-state index contributed by atoms with van der Waals surface area (Å²) in [4.78, 5) is 25.3. The smallest absolute Gasteiger partial charge is 0.223 e. The fraction of sp³-hybridized carbons (Fsp3) is 0.556. The van der Waals surface area contributed by atoms with Crippen LogP contribution in [0.5, 0.6) is 0 Å². The van der Waals surface area contributed by atoms with Crippen molar-refractivity contribution in [1.29, 1.82) is 0 Å². The number of benzene rings is 1. The number of hydrogen-bond acceptors (Lipinski definition) is 5. The van der Waals surface area contributed by atoms with Crippen molar-refractivity contribution in [2.75, 3.05) is 30.3 Å². The molecule has 0 spiro atoms. The van der Waals surface area contributed by atoms with E-state index >= 15 is 0 Å². The van der Waals surface area contributed by atoms with Crippen LogP contribution in [0.3, 0.4) is 0 Å². The molecule has 7 nitrogen and oxygen atoms in total. The van der Waals surface area contributed by atoms with Crippen LogP contribution in [0, 0.1) is 0 Å². The van der Waals surface area contributed by atoms with Gasteiger partial charge >= 0.3 is 0 Å². The number of carbonyl (C=O) groups is 2. The highest BCUT2D eigenvalue weighted by atomic mass is 32.2. The summed E-state index contributed by atoms with van der Waals surface area (Å²) in [5, 5.41) is 2.74. The Morgan fingerprint density at radius 3 is 2.85 bits per heavy atom. The van der Waals surface area contributed by atoms with Gasteiger partial charge in [0.25, 0.3) is 0 Å². The third-order valence-corrected chi connectivity index (χ3v) is 6.55. The van der Waals surface area contributed by atoms with Crippen molar-refractivity contribution in [3.8, 4) is 0 Å². The van der Waals surface area contributed by atoms with Crippen LogP contribution in [0.25, 0.3) is 0 Å². The van der Waals surface area contributed by atoms with Gasteiger partial charge in [-0.2, -0.15) is 0 Å². The van der Waals surface area contributed by atoms with E-state index in [0.29, 0.717) is 26.1 Å². The molecule has 142 valence electrons. The Morgan fingerprint density at radius 2 is 2.15 bits per heavy atom. The van der Waals surface area contributed by atoms with E-state index in [9.17, 15) is 18.0 Å². The Hall–Kier alpha value is -1.93. The lowest BCUT2D eigenvalue weighted by molar-refractivity contribution is -0.121. The number of nitrogens with one attached hydrogen (secondary N) is 1. The van der Waals surface area contributed by atoms with Gasteiger partial charge in [0, 0.05) is 38.7 Å². The minimum atomic E-state index is -3.55. The van der Waals surface area contributed by atoms with E-state index in [4.69, 9.17) is 4.74 Å². The van der Waals surface area contributed by atoms with Crippen LogP contribution in [0.2, 0.25) is 0 Å². The highest BCUT2D eigenvalue weighted by Gasteiger charge is 2.25. The third-order valence-electron chi connectivity index (χ3n) is 4.83. The summed E-state index contributed by atoms with van der Waals surface area (Å²) >= 11 is 0. The first-order chi connectivity index (χ1) is 12.4. The minimum absolute atomic E-state index is 0.0384. The molecule has 1 aromatic carbocycles. The molecular formula is C18H24N2O5S. The molecule has 0 bridgehead atoms. The van der Waals surface area contributed by atoms with Crippen molar-refractivity contribution in [1.82, 2.24) is 5.32 Å². The maximum atomic E-state index is 12.5. The highest BCUT2D eigenvalue weighted by molar-refractivity contribution is 7.91. The largest absolute Gasteiger partial charge is 0.376 e. The van der Waals surface area contributed by atoms with Crippen LogP contribution in [-0.2, 0) is 30.6 Å². The Kier molecular flexibility index (Phi) is 5.62. The Morgan fingerprint density at radius 1 is 1.35 bits per heavy atom. The third kappa shape index (κ3) is 4.24. The molecule has 1 unspecified atom stereocenters. The van der Waals surface area contributed by atoms with E-state index in [1.54, 1.807) is 17.0 Å². The maximum Gasteiger partial charge on any atom is 0.223 e. The molecule has 3 rings (SSSR count). The van der Waals surface area contributed by atoms with Gasteiger partial charge in [0.15, 0.2) is 9.84 Å². The number of carbonyl (C=O) groups excluding carboxylic acids is 2. The van der Waals surface area contributed by atoms with Crippen molar-refractivity contribution < 1.29 is 22.7 Å². The monoisotopic (exact) mass is 380 g/mol. The summed E-state index contributed by atoms with van der Waals surface area (Å²) in [7, 11) is -3.55. The minimum Gasteiger partial charge on any atom is -0.376 e. The van der Waals surface area contributed by atoms with Crippen molar-refractivity contribution in [2.24, 2.45) is 0 Å². The molecule has 1 fully saturated rings. The average Bonchev–Trinajstić information content (AvgIpc) is 3.26. The van der Waals surface area contributed by atoms with Crippen LogP contribution in [0.15, 0.2) is 23.1 Å². The zero-order chi connectivity index (χ0) is 18.7. The lowest BCUT2D eigenvalue weighted by atomic mass is 10.2. The molecule has 0 aromatic heterocycles. The standard InChI is InChI=1S/C18H24N2O5S/c1-13(21)20-8-6-14-11-16(4-5-17(14)20)26(23,24)10-7-18(22)19-12-15-3-2-9-25-15/h4-5,11,15H,2-3,6-10,12H2,1H3,(H,19,22). The van der Waals surface area contributed by atoms with Gasteiger partial charge < -0.3 is 15.0 Å².